The molecule has 132 valence electrons. The van der Waals surface area contributed by atoms with Gasteiger partial charge < -0.3 is 14.6 Å². The third-order valence-electron chi connectivity index (χ3n) is 4.33. The van der Waals surface area contributed by atoms with E-state index in [1.807, 2.05) is 61.5 Å². The lowest BCUT2D eigenvalue weighted by Crippen LogP contribution is -2.02. The maximum absolute atomic E-state index is 12.3. The third-order valence-corrected chi connectivity index (χ3v) is 4.70. The van der Waals surface area contributed by atoms with Crippen molar-refractivity contribution in [3.63, 3.8) is 0 Å². The Bertz CT molecular complexity index is 1150. The van der Waals surface area contributed by atoms with Gasteiger partial charge in [-0.2, -0.15) is 0 Å². The molecule has 0 aliphatic carbocycles. The molecule has 1 aromatic heterocycles. The molecule has 0 saturated carbocycles. The molecular formula is C21H17ClO4. The molecule has 4 rings (SSSR count). The molecule has 4 aromatic rings. The number of hydrogen-bond acceptors (Lipinski definition) is 3. The van der Waals surface area contributed by atoms with Crippen LogP contribution in [0.25, 0.3) is 21.7 Å². The lowest BCUT2D eigenvalue weighted by molar-refractivity contribution is 0.304. The largest absolute Gasteiger partial charge is 0.488 e. The molecule has 4 nitrogen and oxygen atoms in total. The van der Waals surface area contributed by atoms with Crippen molar-refractivity contribution in [2.45, 2.75) is 13.5 Å². The summed E-state index contributed by atoms with van der Waals surface area (Å²) in [5.41, 5.74) is 1.92. The molecule has 3 aromatic carbocycles. The van der Waals surface area contributed by atoms with Gasteiger partial charge in [-0.25, -0.2) is 4.79 Å². The highest BCUT2D eigenvalue weighted by molar-refractivity contribution is 6.31. The van der Waals surface area contributed by atoms with E-state index in [4.69, 9.17) is 20.8 Å². The van der Waals surface area contributed by atoms with Gasteiger partial charge in [0.2, 0.25) is 0 Å². The predicted octanol–water partition coefficient (Wildman–Crippen LogP) is 4.66. The van der Waals surface area contributed by atoms with E-state index < -0.39 is 0 Å². The summed E-state index contributed by atoms with van der Waals surface area (Å²) in [7, 11) is 0. The zero-order chi connectivity index (χ0) is 17.4. The van der Waals surface area contributed by atoms with E-state index in [9.17, 15) is 4.79 Å². The second-order valence-electron chi connectivity index (χ2n) is 5.88. The normalized spacial score (nSPS) is 10.7. The van der Waals surface area contributed by atoms with Crippen LogP contribution in [-0.4, -0.2) is 5.48 Å². The van der Waals surface area contributed by atoms with Crippen LogP contribution in [0.15, 0.2) is 69.9 Å². The lowest BCUT2D eigenvalue weighted by Gasteiger charge is -2.12. The number of ether oxygens (including phenoxy) is 1. The number of rotatable bonds is 3. The molecule has 0 radical (unpaired) electrons. The molecule has 0 amide bonds. The molecule has 0 fully saturated rings. The number of halogens is 1. The van der Waals surface area contributed by atoms with E-state index in [1.54, 1.807) is 6.07 Å². The predicted molar refractivity (Wildman–Crippen MR) is 104 cm³/mol. The number of benzene rings is 3. The van der Waals surface area contributed by atoms with Crippen molar-refractivity contribution in [1.82, 2.24) is 0 Å². The first-order valence-corrected chi connectivity index (χ1v) is 8.34. The minimum absolute atomic E-state index is 0. The van der Waals surface area contributed by atoms with Crippen LogP contribution in [0.1, 0.15) is 11.1 Å². The van der Waals surface area contributed by atoms with E-state index in [0.29, 0.717) is 28.3 Å². The van der Waals surface area contributed by atoms with Crippen LogP contribution in [0, 0.1) is 6.92 Å². The zero-order valence-electron chi connectivity index (χ0n) is 14.1. The van der Waals surface area contributed by atoms with Gasteiger partial charge in [0.1, 0.15) is 17.9 Å². The SMILES string of the molecule is Cc1c(OCc2ccccc2Cl)ccc2c1oc(=O)c1ccccc12.O. The van der Waals surface area contributed by atoms with E-state index >= 15 is 0 Å². The number of aryl methyl sites for hydroxylation is 1. The van der Waals surface area contributed by atoms with Crippen molar-refractivity contribution in [2.24, 2.45) is 0 Å². The molecule has 0 atom stereocenters. The Morgan fingerprint density at radius 1 is 0.923 bits per heavy atom. The zero-order valence-corrected chi connectivity index (χ0v) is 14.8. The summed E-state index contributed by atoms with van der Waals surface area (Å²) in [6.45, 7) is 2.24. The van der Waals surface area contributed by atoms with Crippen LogP contribution in [0.2, 0.25) is 5.02 Å². The molecule has 0 aliphatic heterocycles. The highest BCUT2D eigenvalue weighted by atomic mass is 35.5. The first kappa shape index (κ1) is 18.0. The van der Waals surface area contributed by atoms with E-state index in [2.05, 4.69) is 0 Å². The monoisotopic (exact) mass is 368 g/mol. The number of fused-ring (bicyclic) bond motifs is 3. The molecule has 26 heavy (non-hydrogen) atoms. The Kier molecular flexibility index (Phi) is 4.98. The molecule has 2 N–H and O–H groups in total. The Morgan fingerprint density at radius 3 is 2.38 bits per heavy atom. The van der Waals surface area contributed by atoms with E-state index in [0.717, 1.165) is 21.9 Å². The average molecular weight is 369 g/mol. The quantitative estimate of drug-likeness (QED) is 0.390. The molecule has 0 aliphatic rings. The third kappa shape index (κ3) is 3.05. The fourth-order valence-corrected chi connectivity index (χ4v) is 3.18. The van der Waals surface area contributed by atoms with Crippen LogP contribution >= 0.6 is 11.6 Å². The van der Waals surface area contributed by atoms with Gasteiger partial charge in [-0.15, -0.1) is 0 Å². The minimum Gasteiger partial charge on any atom is -0.488 e. The molecule has 0 saturated heterocycles. The van der Waals surface area contributed by atoms with Gasteiger partial charge in [-0.1, -0.05) is 48.0 Å². The van der Waals surface area contributed by atoms with Gasteiger partial charge in [0.25, 0.3) is 0 Å². The van der Waals surface area contributed by atoms with Crippen LogP contribution in [0.3, 0.4) is 0 Å². The van der Waals surface area contributed by atoms with Gasteiger partial charge in [0.05, 0.1) is 5.39 Å². The summed E-state index contributed by atoms with van der Waals surface area (Å²) >= 11 is 6.17. The van der Waals surface area contributed by atoms with Crippen LogP contribution in [0.5, 0.6) is 5.75 Å². The van der Waals surface area contributed by atoms with Crippen LogP contribution in [-0.2, 0) is 6.61 Å². The van der Waals surface area contributed by atoms with Crippen LogP contribution in [0.4, 0.5) is 0 Å². The minimum atomic E-state index is -0.338. The fraction of sp³-hybridized carbons (Fsp3) is 0.0952. The maximum Gasteiger partial charge on any atom is 0.344 e. The highest BCUT2D eigenvalue weighted by Gasteiger charge is 2.12. The van der Waals surface area contributed by atoms with E-state index in [1.165, 1.54) is 0 Å². The second kappa shape index (κ2) is 7.20. The Balaban J connectivity index is 0.00000196. The summed E-state index contributed by atoms with van der Waals surface area (Å²) in [5, 5.41) is 3.03. The first-order chi connectivity index (χ1) is 12.1. The molecule has 0 spiro atoms. The summed E-state index contributed by atoms with van der Waals surface area (Å²) in [6, 6.07) is 18.8. The van der Waals surface area contributed by atoms with Crippen molar-refractivity contribution in [3.8, 4) is 5.75 Å². The average Bonchev–Trinajstić information content (AvgIpc) is 2.63. The molecule has 1 heterocycles. The van der Waals surface area contributed by atoms with Gasteiger partial charge in [0.15, 0.2) is 0 Å². The molecule has 0 bridgehead atoms. The van der Waals surface area contributed by atoms with Gasteiger partial charge >= 0.3 is 5.63 Å². The number of hydrogen-bond donors (Lipinski definition) is 0. The van der Waals surface area contributed by atoms with Gasteiger partial charge in [-0.05, 0) is 36.6 Å². The fourth-order valence-electron chi connectivity index (χ4n) is 2.99. The van der Waals surface area contributed by atoms with Crippen molar-refractivity contribution in [2.75, 3.05) is 0 Å². The van der Waals surface area contributed by atoms with Crippen molar-refractivity contribution in [3.05, 3.63) is 87.2 Å². The highest BCUT2D eigenvalue weighted by Crippen LogP contribution is 2.31. The Morgan fingerprint density at radius 2 is 1.62 bits per heavy atom. The standard InChI is InChI=1S/C21H15ClO3.H2O/c1-13-19(24-12-14-6-2-5-9-18(14)22)11-10-16-15-7-3-4-8-17(15)21(23)25-20(13)16;/h2-11H,12H2,1H3;1H2. The summed E-state index contributed by atoms with van der Waals surface area (Å²) in [4.78, 5) is 12.3. The van der Waals surface area contributed by atoms with E-state index in [-0.39, 0.29) is 11.1 Å². The summed E-state index contributed by atoms with van der Waals surface area (Å²) < 4.78 is 11.5. The summed E-state index contributed by atoms with van der Waals surface area (Å²) in [6.07, 6.45) is 0. The lowest BCUT2D eigenvalue weighted by atomic mass is 10.0. The topological polar surface area (TPSA) is 70.9 Å². The van der Waals surface area contributed by atoms with Crippen molar-refractivity contribution < 1.29 is 14.6 Å². The van der Waals surface area contributed by atoms with Crippen molar-refractivity contribution in [1.29, 1.82) is 0 Å². The summed E-state index contributed by atoms with van der Waals surface area (Å²) in [5.74, 6) is 0.672. The smallest absolute Gasteiger partial charge is 0.344 e. The Hall–Kier alpha value is -2.82. The van der Waals surface area contributed by atoms with Gasteiger partial charge in [-0.3, -0.25) is 0 Å². The Labute approximate surface area is 154 Å². The second-order valence-corrected chi connectivity index (χ2v) is 6.29. The molecule has 0 unspecified atom stereocenters. The molecule has 5 heteroatoms. The van der Waals surface area contributed by atoms with Crippen LogP contribution < -0.4 is 10.4 Å². The molecular weight excluding hydrogens is 352 g/mol. The van der Waals surface area contributed by atoms with Crippen molar-refractivity contribution >= 4 is 33.3 Å². The first-order valence-electron chi connectivity index (χ1n) is 7.96. The van der Waals surface area contributed by atoms with Gasteiger partial charge in [0, 0.05) is 21.5 Å². The maximum atomic E-state index is 12.3.